The number of carbonyl (C=O) groups is 2. The van der Waals surface area contributed by atoms with Crippen LogP contribution in [0.2, 0.25) is 0 Å². The second-order valence-corrected chi connectivity index (χ2v) is 7.54. The molecule has 0 radical (unpaired) electrons. The minimum absolute atomic E-state index is 0.0897. The highest BCUT2D eigenvalue weighted by Gasteiger charge is 2.59. The Labute approximate surface area is 155 Å². The number of carbonyl (C=O) groups excluding carboxylic acids is 2. The maximum absolute atomic E-state index is 12.9. The molecule has 0 spiro atoms. The molecule has 2 aliphatic heterocycles. The number of fused-ring (bicyclic) bond motifs is 5. The van der Waals surface area contributed by atoms with Crippen molar-refractivity contribution in [2.45, 2.75) is 6.42 Å². The fourth-order valence-corrected chi connectivity index (χ4v) is 5.03. The van der Waals surface area contributed by atoms with Gasteiger partial charge in [0, 0.05) is 19.2 Å². The van der Waals surface area contributed by atoms with Crippen LogP contribution in [0.3, 0.4) is 0 Å². The van der Waals surface area contributed by atoms with Gasteiger partial charge in [0.25, 0.3) is 5.69 Å². The number of rotatable bonds is 3. The molecule has 1 saturated carbocycles. The molecule has 0 N–H and O–H groups in total. The summed E-state index contributed by atoms with van der Waals surface area (Å²) in [6, 6.07) is 4.64. The fraction of sp³-hybridized carbons (Fsp3) is 0.474. The van der Waals surface area contributed by atoms with Crippen molar-refractivity contribution in [3.8, 4) is 0 Å². The van der Waals surface area contributed by atoms with Gasteiger partial charge in [0.1, 0.15) is 5.69 Å². The molecule has 2 amide bonds. The molecular formula is C19H19N3O5. The van der Waals surface area contributed by atoms with E-state index in [1.54, 1.807) is 12.1 Å². The van der Waals surface area contributed by atoms with Gasteiger partial charge in [0.2, 0.25) is 11.8 Å². The van der Waals surface area contributed by atoms with Crippen LogP contribution in [0.5, 0.6) is 0 Å². The number of imide groups is 1. The molecule has 5 rings (SSSR count). The smallest absolute Gasteiger partial charge is 0.294 e. The van der Waals surface area contributed by atoms with Gasteiger partial charge in [0.15, 0.2) is 0 Å². The Kier molecular flexibility index (Phi) is 3.58. The molecule has 0 aromatic heterocycles. The van der Waals surface area contributed by atoms with E-state index in [9.17, 15) is 19.7 Å². The van der Waals surface area contributed by atoms with Crippen LogP contribution < -0.4 is 9.80 Å². The molecule has 140 valence electrons. The average Bonchev–Trinajstić information content (AvgIpc) is 3.36. The minimum Gasteiger partial charge on any atom is -0.378 e. The Morgan fingerprint density at radius 1 is 1.04 bits per heavy atom. The molecule has 1 aromatic carbocycles. The van der Waals surface area contributed by atoms with E-state index in [1.807, 2.05) is 17.1 Å². The van der Waals surface area contributed by atoms with E-state index < -0.39 is 4.92 Å². The van der Waals surface area contributed by atoms with Crippen molar-refractivity contribution in [3.63, 3.8) is 0 Å². The van der Waals surface area contributed by atoms with Crippen LogP contribution in [0, 0.1) is 33.8 Å². The molecule has 8 heteroatoms. The molecule has 3 fully saturated rings. The lowest BCUT2D eigenvalue weighted by Crippen LogP contribution is -2.37. The van der Waals surface area contributed by atoms with E-state index in [2.05, 4.69) is 0 Å². The second-order valence-electron chi connectivity index (χ2n) is 7.54. The van der Waals surface area contributed by atoms with Gasteiger partial charge >= 0.3 is 0 Å². The van der Waals surface area contributed by atoms with E-state index in [-0.39, 0.29) is 41.2 Å². The number of benzene rings is 1. The summed E-state index contributed by atoms with van der Waals surface area (Å²) >= 11 is 0. The zero-order valence-corrected chi connectivity index (χ0v) is 14.6. The Morgan fingerprint density at radius 3 is 2.26 bits per heavy atom. The lowest BCUT2D eigenvalue weighted by Gasteiger charge is -2.29. The van der Waals surface area contributed by atoms with Crippen molar-refractivity contribution < 1.29 is 19.2 Å². The first-order valence-corrected chi connectivity index (χ1v) is 9.23. The van der Waals surface area contributed by atoms with E-state index in [4.69, 9.17) is 4.74 Å². The highest BCUT2D eigenvalue weighted by Crippen LogP contribution is 2.53. The minimum atomic E-state index is -0.453. The summed E-state index contributed by atoms with van der Waals surface area (Å²) in [5, 5.41) is 11.7. The number of hydrogen-bond acceptors (Lipinski definition) is 6. The lowest BCUT2D eigenvalue weighted by molar-refractivity contribution is -0.384. The van der Waals surface area contributed by atoms with Crippen LogP contribution in [0.4, 0.5) is 17.1 Å². The van der Waals surface area contributed by atoms with Crippen molar-refractivity contribution in [1.82, 2.24) is 0 Å². The number of nitro benzene ring substituents is 1. The monoisotopic (exact) mass is 369 g/mol. The SMILES string of the molecule is O=C1[C@@H]2[C@H](C(=O)N1c1ccc(N3CCOCC3)c([N+](=O)[O-])c1)[C@H]1C=C[C@H]2C1. The van der Waals surface area contributed by atoms with Crippen molar-refractivity contribution >= 4 is 28.9 Å². The summed E-state index contributed by atoms with van der Waals surface area (Å²) in [6.45, 7) is 2.17. The van der Waals surface area contributed by atoms with Crippen LogP contribution in [-0.2, 0) is 14.3 Å². The standard InChI is InChI=1S/C19H19N3O5/c23-18-16-11-1-2-12(9-11)17(16)19(24)21(18)13-3-4-14(15(10-13)22(25)26)20-5-7-27-8-6-20/h1-4,10-12,16-17H,5-9H2/t11-,12-,16-,17+/m0/s1. The van der Waals surface area contributed by atoms with Gasteiger partial charge in [0.05, 0.1) is 35.7 Å². The number of hydrogen-bond donors (Lipinski definition) is 0. The van der Waals surface area contributed by atoms with Crippen LogP contribution in [0.25, 0.3) is 0 Å². The van der Waals surface area contributed by atoms with E-state index >= 15 is 0 Å². The number of amides is 2. The number of morpholine rings is 1. The number of nitro groups is 1. The zero-order chi connectivity index (χ0) is 18.7. The van der Waals surface area contributed by atoms with E-state index in [0.29, 0.717) is 37.7 Å². The van der Waals surface area contributed by atoms with Crippen molar-refractivity contribution in [2.24, 2.45) is 23.7 Å². The highest BCUT2D eigenvalue weighted by atomic mass is 16.6. The molecule has 4 aliphatic rings. The van der Waals surface area contributed by atoms with Crippen LogP contribution >= 0.6 is 0 Å². The van der Waals surface area contributed by atoms with Crippen molar-refractivity contribution in [1.29, 1.82) is 0 Å². The number of nitrogens with zero attached hydrogens (tertiary/aromatic N) is 3. The Hall–Kier alpha value is -2.74. The first-order chi connectivity index (χ1) is 13.1. The lowest BCUT2D eigenvalue weighted by atomic mass is 9.85. The maximum atomic E-state index is 12.9. The number of allylic oxidation sites excluding steroid dienone is 2. The summed E-state index contributed by atoms with van der Waals surface area (Å²) in [7, 11) is 0. The molecule has 27 heavy (non-hydrogen) atoms. The van der Waals surface area contributed by atoms with E-state index in [0.717, 1.165) is 11.3 Å². The average molecular weight is 369 g/mol. The summed E-state index contributed by atoms with van der Waals surface area (Å²) in [5.41, 5.74) is 0.698. The second kappa shape index (κ2) is 5.88. The summed E-state index contributed by atoms with van der Waals surface area (Å²) in [5.74, 6) is -0.852. The summed E-state index contributed by atoms with van der Waals surface area (Å²) in [4.78, 5) is 40.1. The van der Waals surface area contributed by atoms with Gasteiger partial charge in [-0.2, -0.15) is 0 Å². The fourth-order valence-electron chi connectivity index (χ4n) is 5.03. The van der Waals surface area contributed by atoms with Gasteiger partial charge in [-0.3, -0.25) is 19.7 Å². The highest BCUT2D eigenvalue weighted by molar-refractivity contribution is 6.23. The largest absolute Gasteiger partial charge is 0.378 e. The molecule has 1 aromatic rings. The summed E-state index contributed by atoms with van der Waals surface area (Å²) in [6.07, 6.45) is 4.92. The molecule has 4 atom stereocenters. The Morgan fingerprint density at radius 2 is 1.67 bits per heavy atom. The van der Waals surface area contributed by atoms with Gasteiger partial charge in [-0.1, -0.05) is 12.2 Å². The van der Waals surface area contributed by atoms with Crippen LogP contribution in [0.15, 0.2) is 30.4 Å². The van der Waals surface area contributed by atoms with Crippen LogP contribution in [-0.4, -0.2) is 43.0 Å². The van der Waals surface area contributed by atoms with Crippen molar-refractivity contribution in [3.05, 3.63) is 40.5 Å². The number of ether oxygens (including phenoxy) is 1. The maximum Gasteiger partial charge on any atom is 0.294 e. The quantitative estimate of drug-likeness (QED) is 0.349. The first kappa shape index (κ1) is 16.4. The Balaban J connectivity index is 1.51. The normalized spacial score (nSPS) is 31.7. The third kappa shape index (κ3) is 2.32. The number of anilines is 2. The zero-order valence-electron chi connectivity index (χ0n) is 14.6. The third-order valence-corrected chi connectivity index (χ3v) is 6.24. The molecule has 8 nitrogen and oxygen atoms in total. The predicted octanol–water partition coefficient (Wildman–Crippen LogP) is 1.74. The first-order valence-electron chi connectivity index (χ1n) is 9.23. The molecule has 2 aliphatic carbocycles. The Bertz CT molecular complexity index is 846. The van der Waals surface area contributed by atoms with E-state index in [1.165, 1.54) is 6.07 Å². The van der Waals surface area contributed by atoms with Crippen LogP contribution in [0.1, 0.15) is 6.42 Å². The van der Waals surface area contributed by atoms with Gasteiger partial charge < -0.3 is 9.64 Å². The third-order valence-electron chi connectivity index (χ3n) is 6.24. The molecule has 2 heterocycles. The predicted molar refractivity (Wildman–Crippen MR) is 96.3 cm³/mol. The molecule has 0 unspecified atom stereocenters. The summed E-state index contributed by atoms with van der Waals surface area (Å²) < 4.78 is 5.31. The molecular weight excluding hydrogens is 350 g/mol. The molecule has 2 bridgehead atoms. The van der Waals surface area contributed by atoms with Crippen molar-refractivity contribution in [2.75, 3.05) is 36.1 Å². The van der Waals surface area contributed by atoms with Gasteiger partial charge in [-0.25, -0.2) is 4.90 Å². The van der Waals surface area contributed by atoms with Gasteiger partial charge in [-0.15, -0.1) is 0 Å². The topological polar surface area (TPSA) is 93.0 Å². The van der Waals surface area contributed by atoms with Gasteiger partial charge in [-0.05, 0) is 30.4 Å². The molecule has 2 saturated heterocycles.